The monoisotopic (exact) mass is 1730 g/mol. The maximum atomic E-state index is 13.1. The Kier molecular flexibility index (Phi) is 90.1. The highest BCUT2D eigenvalue weighted by molar-refractivity contribution is 7.47. The van der Waals surface area contributed by atoms with Gasteiger partial charge in [-0.05, 0) is 154 Å². The van der Waals surface area contributed by atoms with Crippen LogP contribution in [0.3, 0.4) is 0 Å². The highest BCUT2D eigenvalue weighted by Crippen LogP contribution is 2.45. The molecule has 5 unspecified atom stereocenters. The van der Waals surface area contributed by atoms with Crippen LogP contribution in [-0.4, -0.2) is 95.9 Å². The van der Waals surface area contributed by atoms with E-state index < -0.39 is 91.5 Å². The lowest BCUT2D eigenvalue weighted by Crippen LogP contribution is -2.30. The van der Waals surface area contributed by atoms with E-state index in [-0.39, 0.29) is 19.3 Å². The number of aliphatic hydroxyl groups is 2. The second-order valence-corrected chi connectivity index (χ2v) is 35.0. The summed E-state index contributed by atoms with van der Waals surface area (Å²) in [5.74, 6) is -1.58. The molecule has 0 aliphatic carbocycles. The first-order valence-electron chi connectivity index (χ1n) is 48.4. The van der Waals surface area contributed by atoms with Crippen molar-refractivity contribution in [2.75, 3.05) is 39.6 Å². The van der Waals surface area contributed by atoms with Gasteiger partial charge < -0.3 is 34.2 Å². The molecule has 0 aliphatic heterocycles. The van der Waals surface area contributed by atoms with E-state index in [0.29, 0.717) is 19.3 Å². The maximum Gasteiger partial charge on any atom is 0.472 e. The molecule has 18 heteroatoms. The van der Waals surface area contributed by atoms with Crippen LogP contribution >= 0.6 is 15.6 Å². The van der Waals surface area contributed by atoms with Crippen molar-refractivity contribution in [3.05, 3.63) is 170 Å². The second-order valence-electron chi connectivity index (χ2n) is 32.1. The van der Waals surface area contributed by atoms with Gasteiger partial charge in [-0.25, -0.2) is 9.13 Å². The number of hydrogen-bond acceptors (Lipinski definition) is 14. The van der Waals surface area contributed by atoms with E-state index in [2.05, 4.69) is 191 Å². The van der Waals surface area contributed by atoms with Crippen molar-refractivity contribution >= 4 is 33.6 Å². The number of rotatable bonds is 91. The van der Waals surface area contributed by atoms with E-state index >= 15 is 0 Å². The highest BCUT2D eigenvalue weighted by Gasteiger charge is 2.30. The van der Waals surface area contributed by atoms with Gasteiger partial charge in [-0.15, -0.1) is 0 Å². The molecule has 0 rings (SSSR count). The third-order valence-electron chi connectivity index (χ3n) is 20.4. The average Bonchev–Trinajstić information content (AvgIpc) is 0.884. The zero-order chi connectivity index (χ0) is 87.9. The lowest BCUT2D eigenvalue weighted by molar-refractivity contribution is -0.161. The molecule has 0 radical (unpaired) electrons. The van der Waals surface area contributed by atoms with Crippen LogP contribution < -0.4 is 0 Å². The summed E-state index contributed by atoms with van der Waals surface area (Å²) in [7, 11) is -9.82. The van der Waals surface area contributed by atoms with Gasteiger partial charge in [-0.2, -0.15) is 0 Å². The highest BCUT2D eigenvalue weighted by atomic mass is 31.2. The first kappa shape index (κ1) is 116. The minimum Gasteiger partial charge on any atom is -0.463 e. The molecular formula is C103H176O16P2. The third kappa shape index (κ3) is 95.4. The van der Waals surface area contributed by atoms with Crippen molar-refractivity contribution in [2.24, 2.45) is 0 Å². The Hall–Kier alpha value is -5.09. The molecule has 0 fully saturated rings. The fraction of sp³-hybridized carbons (Fsp3) is 0.699. The molecule has 0 aromatic heterocycles. The summed E-state index contributed by atoms with van der Waals surface area (Å²) in [4.78, 5) is 59.1. The topological polar surface area (TPSA) is 231 Å². The van der Waals surface area contributed by atoms with E-state index in [1.54, 1.807) is 0 Å². The van der Waals surface area contributed by atoms with Crippen LogP contribution in [0.25, 0.3) is 0 Å². The van der Waals surface area contributed by atoms with Gasteiger partial charge in [0.1, 0.15) is 25.4 Å². The van der Waals surface area contributed by atoms with Crippen molar-refractivity contribution in [1.29, 1.82) is 0 Å². The maximum absolute atomic E-state index is 13.1. The number of carbonyl (C=O) groups excluding carboxylic acids is 3. The van der Waals surface area contributed by atoms with Crippen LogP contribution in [-0.2, 0) is 55.8 Å². The molecule has 0 saturated carbocycles. The zero-order valence-electron chi connectivity index (χ0n) is 76.6. The Bertz CT molecular complexity index is 2880. The van der Waals surface area contributed by atoms with Crippen LogP contribution in [0, 0.1) is 0 Å². The summed E-state index contributed by atoms with van der Waals surface area (Å²) in [5.41, 5.74) is 0. The minimum absolute atomic E-state index is 0.0895. The van der Waals surface area contributed by atoms with Crippen LogP contribution in [0.1, 0.15) is 406 Å². The summed E-state index contributed by atoms with van der Waals surface area (Å²) < 4.78 is 61.6. The lowest BCUT2D eigenvalue weighted by atomic mass is 10.0. The summed E-state index contributed by atoms with van der Waals surface area (Å²) >= 11 is 0. The smallest absolute Gasteiger partial charge is 0.463 e. The zero-order valence-corrected chi connectivity index (χ0v) is 78.4. The summed E-state index contributed by atoms with van der Waals surface area (Å²) in [6, 6.07) is 0. The van der Waals surface area contributed by atoms with Crippen molar-refractivity contribution in [2.45, 2.75) is 424 Å². The van der Waals surface area contributed by atoms with Gasteiger partial charge in [0.25, 0.3) is 0 Å². The Morgan fingerprint density at radius 2 is 0.438 bits per heavy atom. The number of hydrogen-bond donors (Lipinski definition) is 4. The molecule has 0 aromatic rings. The molecule has 0 amide bonds. The molecule has 0 heterocycles. The van der Waals surface area contributed by atoms with Crippen LogP contribution in [0.2, 0.25) is 0 Å². The van der Waals surface area contributed by atoms with Crippen molar-refractivity contribution in [3.8, 4) is 0 Å². The quantitative estimate of drug-likeness (QED) is 0.0146. The number of aliphatic hydroxyl groups excluding tert-OH is 2. The molecule has 4 N–H and O–H groups in total. The summed E-state index contributed by atoms with van der Waals surface area (Å²) in [6.45, 7) is 2.47. The van der Waals surface area contributed by atoms with E-state index in [1.807, 2.05) is 0 Å². The largest absolute Gasteiger partial charge is 0.472 e. The van der Waals surface area contributed by atoms with Gasteiger partial charge in [-0.3, -0.25) is 32.5 Å². The fourth-order valence-electron chi connectivity index (χ4n) is 13.1. The van der Waals surface area contributed by atoms with Crippen molar-refractivity contribution < 1.29 is 75.8 Å². The number of ether oxygens (including phenoxy) is 3. The summed E-state index contributed by atoms with van der Waals surface area (Å²) in [6.07, 6.45) is 123. The van der Waals surface area contributed by atoms with Gasteiger partial charge in [0.15, 0.2) is 6.10 Å². The Labute approximate surface area is 739 Å². The van der Waals surface area contributed by atoms with E-state index in [1.165, 1.54) is 180 Å². The molecule has 0 saturated heterocycles. The van der Waals surface area contributed by atoms with Crippen LogP contribution in [0.4, 0.5) is 0 Å². The molecule has 0 spiro atoms. The number of phosphoric ester groups is 2. The predicted molar refractivity (Wildman–Crippen MR) is 509 cm³/mol. The predicted octanol–water partition coefficient (Wildman–Crippen LogP) is 30.2. The molecule has 0 aliphatic rings. The molecule has 0 aromatic carbocycles. The van der Waals surface area contributed by atoms with Gasteiger partial charge in [0, 0.05) is 19.3 Å². The Morgan fingerprint density at radius 1 is 0.240 bits per heavy atom. The van der Waals surface area contributed by atoms with Gasteiger partial charge in [-0.1, -0.05) is 403 Å². The van der Waals surface area contributed by atoms with Crippen molar-refractivity contribution in [3.63, 3.8) is 0 Å². The third-order valence-corrected chi connectivity index (χ3v) is 22.3. The van der Waals surface area contributed by atoms with E-state index in [4.69, 9.17) is 32.3 Å². The molecule has 694 valence electrons. The van der Waals surface area contributed by atoms with Crippen molar-refractivity contribution in [1.82, 2.24) is 0 Å². The molecule has 5 atom stereocenters. The molecule has 16 nitrogen and oxygen atoms in total. The standard InChI is InChI=1S/C103H176O16P2/c1-4-7-10-13-16-19-22-25-28-31-34-37-40-42-44-46-48-50-52-54-57-59-62-65-68-71-74-77-80-83-86-89-101(106)113-92-98(104)93-115-120(109,110)116-94-99(105)95-117-121(111,112)118-97-100(119-103(108)91-88-85-82-79-76-73-70-67-64-61-56-39-36-33-30-27-24-21-18-15-12-9-6-3)96-114-102(107)90-87-84-81-78-75-72-69-66-63-60-58-55-53-51-49-47-45-43-41-38-35-32-29-26-23-20-17-14-11-8-5-2/h7-8,10-11,16-21,25-30,34-39,42-45,61,64,98-100,104-105H,4-6,9,12-15,22-24,31-33,40-41,46-60,62-63,65-97H2,1-3H3,(H,109,110)(H,111,112)/b10-7-,11-8-,19-16-,20-17-,21-18-,28-25-,29-26-,30-27-,37-34-,38-35-,39-36-,44-42-,45-43-,64-61-. The summed E-state index contributed by atoms with van der Waals surface area (Å²) in [5, 5.41) is 20.8. The van der Waals surface area contributed by atoms with Gasteiger partial charge >= 0.3 is 33.6 Å². The number of carbonyl (C=O) groups is 3. The fourth-order valence-corrected chi connectivity index (χ4v) is 14.7. The first-order valence-corrected chi connectivity index (χ1v) is 51.4. The molecular weight excluding hydrogens is 1560 g/mol. The van der Waals surface area contributed by atoms with Gasteiger partial charge in [0.2, 0.25) is 0 Å². The second kappa shape index (κ2) is 94.1. The number of unbranched alkanes of at least 4 members (excludes halogenated alkanes) is 40. The van der Waals surface area contributed by atoms with Crippen LogP contribution in [0.15, 0.2) is 170 Å². The minimum atomic E-state index is -4.95. The molecule has 0 bridgehead atoms. The Balaban J connectivity index is 4.60. The molecule has 121 heavy (non-hydrogen) atoms. The number of allylic oxidation sites excluding steroid dienone is 28. The normalized spacial score (nSPS) is 14.5. The Morgan fingerprint density at radius 3 is 0.694 bits per heavy atom. The van der Waals surface area contributed by atoms with Gasteiger partial charge in [0.05, 0.1) is 26.4 Å². The van der Waals surface area contributed by atoms with Crippen LogP contribution in [0.5, 0.6) is 0 Å². The van der Waals surface area contributed by atoms with E-state index in [9.17, 15) is 43.5 Å². The average molecular weight is 1730 g/mol. The van der Waals surface area contributed by atoms with E-state index in [0.717, 1.165) is 167 Å². The number of phosphoric acid groups is 2. The SMILES string of the molecule is CC/C=C\C/C=C\C/C=C\C/C=C\C/C=C\CCCCCCCCCCCCCCCCCC(=O)OCC(O)COP(=O)(O)OCC(O)COP(=O)(O)OCC(COC(=O)CCCCCCCCCCCCCCCCC/C=C\C/C=C\C/C=C\C/C=C\C/C=C\CC)OC(=O)CCCCCCCCC/C=C\C/C=C\C/C=C\C/C=C\CCCCC. The first-order chi connectivity index (χ1) is 59.2. The number of esters is 3. The lowest BCUT2D eigenvalue weighted by Gasteiger charge is -2.21.